The molecule has 5 nitrogen and oxygen atoms in total. The first kappa shape index (κ1) is 15.9. The van der Waals surface area contributed by atoms with Crippen LogP contribution in [0, 0.1) is 0 Å². The highest BCUT2D eigenvalue weighted by Gasteiger charge is 2.12. The van der Waals surface area contributed by atoms with Crippen LogP contribution in [-0.2, 0) is 16.6 Å². The molecule has 0 saturated heterocycles. The van der Waals surface area contributed by atoms with Crippen molar-refractivity contribution in [2.75, 3.05) is 33.0 Å². The second kappa shape index (κ2) is 7.47. The molecule has 19 heavy (non-hydrogen) atoms. The van der Waals surface area contributed by atoms with E-state index in [1.54, 1.807) is 14.1 Å². The maximum absolute atomic E-state index is 11.5. The van der Waals surface area contributed by atoms with Gasteiger partial charge in [0.1, 0.15) is 5.75 Å². The lowest BCUT2D eigenvalue weighted by atomic mass is 10.2. The molecule has 0 radical (unpaired) electrons. The summed E-state index contributed by atoms with van der Waals surface area (Å²) in [7, 11) is -0.0382. The average Bonchev–Trinajstić information content (AvgIpc) is 2.35. The van der Waals surface area contributed by atoms with Crippen LogP contribution in [0.4, 0.5) is 0 Å². The van der Waals surface area contributed by atoms with Crippen LogP contribution >= 0.6 is 0 Å². The van der Waals surface area contributed by atoms with E-state index in [2.05, 4.69) is 5.32 Å². The second-order valence-corrected chi connectivity index (χ2v) is 6.66. The highest BCUT2D eigenvalue weighted by atomic mass is 32.2. The molecular weight excluding hydrogens is 264 g/mol. The molecule has 0 unspecified atom stereocenters. The van der Waals surface area contributed by atoms with Crippen LogP contribution < -0.4 is 10.1 Å². The Hall–Kier alpha value is -1.11. The molecule has 0 atom stereocenters. The number of rotatable bonds is 8. The molecule has 1 N–H and O–H groups in total. The molecule has 0 bridgehead atoms. The quantitative estimate of drug-likeness (QED) is 0.726. The smallest absolute Gasteiger partial charge is 0.214 e. The van der Waals surface area contributed by atoms with Crippen molar-refractivity contribution in [3.05, 3.63) is 29.8 Å². The van der Waals surface area contributed by atoms with Crippen molar-refractivity contribution in [2.45, 2.75) is 13.5 Å². The number of benzene rings is 1. The average molecular weight is 286 g/mol. The molecule has 1 aromatic carbocycles. The van der Waals surface area contributed by atoms with E-state index in [0.29, 0.717) is 19.7 Å². The monoisotopic (exact) mass is 286 g/mol. The summed E-state index contributed by atoms with van der Waals surface area (Å²) in [6.07, 6.45) is 0. The zero-order valence-corrected chi connectivity index (χ0v) is 12.5. The number of hydrogen-bond acceptors (Lipinski definition) is 4. The van der Waals surface area contributed by atoms with Crippen LogP contribution in [0.15, 0.2) is 24.3 Å². The molecule has 0 saturated carbocycles. The number of ether oxygens (including phenoxy) is 1. The SMILES string of the molecule is CCOc1cccc(CNCCS(=O)(=O)N(C)C)c1. The Labute approximate surface area is 115 Å². The summed E-state index contributed by atoms with van der Waals surface area (Å²) in [5.41, 5.74) is 1.08. The Morgan fingerprint density at radius 1 is 1.32 bits per heavy atom. The van der Waals surface area contributed by atoms with Crippen molar-refractivity contribution in [3.8, 4) is 5.75 Å². The zero-order chi connectivity index (χ0) is 14.3. The van der Waals surface area contributed by atoms with Gasteiger partial charge >= 0.3 is 0 Å². The third-order valence-corrected chi connectivity index (χ3v) is 4.46. The minimum absolute atomic E-state index is 0.102. The fourth-order valence-corrected chi connectivity index (χ4v) is 2.30. The largest absolute Gasteiger partial charge is 0.494 e. The van der Waals surface area contributed by atoms with E-state index in [0.717, 1.165) is 11.3 Å². The Bertz CT molecular complexity index is 486. The molecule has 0 aliphatic carbocycles. The molecule has 0 amide bonds. The van der Waals surface area contributed by atoms with E-state index in [1.807, 2.05) is 31.2 Å². The predicted octanol–water partition coefficient (Wildman–Crippen LogP) is 1.07. The minimum atomic E-state index is -3.12. The van der Waals surface area contributed by atoms with Crippen molar-refractivity contribution >= 4 is 10.0 Å². The van der Waals surface area contributed by atoms with E-state index in [9.17, 15) is 8.42 Å². The first-order chi connectivity index (χ1) is 8.95. The van der Waals surface area contributed by atoms with Crippen molar-refractivity contribution in [3.63, 3.8) is 0 Å². The van der Waals surface area contributed by atoms with Crippen LogP contribution in [0.3, 0.4) is 0 Å². The van der Waals surface area contributed by atoms with Crippen molar-refractivity contribution in [1.82, 2.24) is 9.62 Å². The van der Waals surface area contributed by atoms with Crippen LogP contribution in [0.25, 0.3) is 0 Å². The lowest BCUT2D eigenvalue weighted by Crippen LogP contribution is -2.31. The van der Waals surface area contributed by atoms with Gasteiger partial charge in [-0.15, -0.1) is 0 Å². The van der Waals surface area contributed by atoms with Gasteiger partial charge in [-0.25, -0.2) is 12.7 Å². The van der Waals surface area contributed by atoms with E-state index >= 15 is 0 Å². The summed E-state index contributed by atoms with van der Waals surface area (Å²) in [6.45, 7) is 3.64. The Morgan fingerprint density at radius 2 is 2.05 bits per heavy atom. The summed E-state index contributed by atoms with van der Waals surface area (Å²) < 4.78 is 29.7. The van der Waals surface area contributed by atoms with E-state index in [1.165, 1.54) is 4.31 Å². The number of nitrogens with zero attached hydrogens (tertiary/aromatic N) is 1. The zero-order valence-electron chi connectivity index (χ0n) is 11.7. The standard InChI is InChI=1S/C13H22N2O3S/c1-4-18-13-7-5-6-12(10-13)11-14-8-9-19(16,17)15(2)3/h5-7,10,14H,4,8-9,11H2,1-3H3. The lowest BCUT2D eigenvalue weighted by molar-refractivity contribution is 0.340. The van der Waals surface area contributed by atoms with E-state index in [-0.39, 0.29) is 5.75 Å². The summed E-state index contributed by atoms with van der Waals surface area (Å²) in [5, 5.41) is 3.12. The molecule has 0 spiro atoms. The molecule has 108 valence electrons. The van der Waals surface area contributed by atoms with Gasteiger partial charge in [-0.05, 0) is 24.6 Å². The molecule has 0 aromatic heterocycles. The third-order valence-electron chi connectivity index (χ3n) is 2.63. The van der Waals surface area contributed by atoms with Crippen LogP contribution in [-0.4, -0.2) is 45.7 Å². The molecule has 1 aromatic rings. The van der Waals surface area contributed by atoms with Gasteiger partial charge in [0.2, 0.25) is 10.0 Å². The van der Waals surface area contributed by atoms with Gasteiger partial charge < -0.3 is 10.1 Å². The molecule has 1 rings (SSSR count). The molecule has 6 heteroatoms. The van der Waals surface area contributed by atoms with Crippen LogP contribution in [0.1, 0.15) is 12.5 Å². The topological polar surface area (TPSA) is 58.6 Å². The lowest BCUT2D eigenvalue weighted by Gasteiger charge is -2.12. The molecule has 0 aliphatic rings. The summed E-state index contributed by atoms with van der Waals surface area (Å²) >= 11 is 0. The normalized spacial score (nSPS) is 11.8. The highest BCUT2D eigenvalue weighted by Crippen LogP contribution is 2.12. The number of hydrogen-bond donors (Lipinski definition) is 1. The highest BCUT2D eigenvalue weighted by molar-refractivity contribution is 7.89. The Kier molecular flexibility index (Phi) is 6.27. The van der Waals surface area contributed by atoms with Gasteiger partial charge in [-0.1, -0.05) is 12.1 Å². The summed E-state index contributed by atoms with van der Waals surface area (Å²) in [4.78, 5) is 0. The first-order valence-corrected chi connectivity index (χ1v) is 7.89. The van der Waals surface area contributed by atoms with Crippen molar-refractivity contribution in [1.29, 1.82) is 0 Å². The fourth-order valence-electron chi connectivity index (χ4n) is 1.53. The molecule has 0 fully saturated rings. The second-order valence-electron chi connectivity index (χ2n) is 4.36. The van der Waals surface area contributed by atoms with Crippen LogP contribution in [0.2, 0.25) is 0 Å². The first-order valence-electron chi connectivity index (χ1n) is 6.28. The number of sulfonamides is 1. The van der Waals surface area contributed by atoms with E-state index < -0.39 is 10.0 Å². The predicted molar refractivity (Wildman–Crippen MR) is 76.8 cm³/mol. The molecular formula is C13H22N2O3S. The van der Waals surface area contributed by atoms with E-state index in [4.69, 9.17) is 4.74 Å². The van der Waals surface area contributed by atoms with Gasteiger partial charge in [0.05, 0.1) is 12.4 Å². The maximum Gasteiger partial charge on any atom is 0.214 e. The van der Waals surface area contributed by atoms with Gasteiger partial charge in [0.15, 0.2) is 0 Å². The van der Waals surface area contributed by atoms with Gasteiger partial charge in [0.25, 0.3) is 0 Å². The molecule has 0 aliphatic heterocycles. The third kappa shape index (κ3) is 5.59. The van der Waals surface area contributed by atoms with Gasteiger partial charge in [-0.3, -0.25) is 0 Å². The molecule has 0 heterocycles. The summed E-state index contributed by atoms with van der Waals surface area (Å²) in [6, 6.07) is 7.77. The maximum atomic E-state index is 11.5. The van der Waals surface area contributed by atoms with Crippen molar-refractivity contribution < 1.29 is 13.2 Å². The Morgan fingerprint density at radius 3 is 2.68 bits per heavy atom. The van der Waals surface area contributed by atoms with Gasteiger partial charge in [-0.2, -0.15) is 0 Å². The van der Waals surface area contributed by atoms with Crippen LogP contribution in [0.5, 0.6) is 5.75 Å². The minimum Gasteiger partial charge on any atom is -0.494 e. The fraction of sp³-hybridized carbons (Fsp3) is 0.538. The number of nitrogens with one attached hydrogen (secondary N) is 1. The summed E-state index contributed by atoms with van der Waals surface area (Å²) in [5.74, 6) is 0.938. The van der Waals surface area contributed by atoms with Crippen molar-refractivity contribution in [2.24, 2.45) is 0 Å². The Balaban J connectivity index is 2.39. The van der Waals surface area contributed by atoms with Gasteiger partial charge in [0, 0.05) is 27.2 Å².